The van der Waals surface area contributed by atoms with Crippen LogP contribution in [0.15, 0.2) is 0 Å². The molecule has 0 radical (unpaired) electrons. The standard InChI is InChI=1S/C19H32O/c1-18-11-8-15-14(17(18)16(20)9-12-18)7-6-13-5-3-4-10-19(13,15)2/h13-17,20H,3-12H2,1-2H3/t13-,14-,15-,16+,17+,18+,19+/m1/s1. The van der Waals surface area contributed by atoms with Gasteiger partial charge in [0.2, 0.25) is 0 Å². The van der Waals surface area contributed by atoms with E-state index >= 15 is 0 Å². The number of hydrogen-bond acceptors (Lipinski definition) is 1. The van der Waals surface area contributed by atoms with Crippen molar-refractivity contribution in [2.45, 2.75) is 84.2 Å². The van der Waals surface area contributed by atoms with E-state index in [0.717, 1.165) is 24.2 Å². The lowest BCUT2D eigenvalue weighted by molar-refractivity contribution is -0.122. The van der Waals surface area contributed by atoms with Crippen molar-refractivity contribution < 1.29 is 5.11 Å². The largest absolute Gasteiger partial charge is 0.393 e. The van der Waals surface area contributed by atoms with E-state index in [9.17, 15) is 5.11 Å². The van der Waals surface area contributed by atoms with Gasteiger partial charge in [0.05, 0.1) is 6.10 Å². The van der Waals surface area contributed by atoms with Crippen LogP contribution in [-0.4, -0.2) is 11.2 Å². The summed E-state index contributed by atoms with van der Waals surface area (Å²) in [6, 6.07) is 0. The average molecular weight is 276 g/mol. The van der Waals surface area contributed by atoms with Crippen LogP contribution in [-0.2, 0) is 0 Å². The maximum absolute atomic E-state index is 10.6. The molecular formula is C19H32O. The molecule has 4 rings (SSSR count). The van der Waals surface area contributed by atoms with Crippen molar-refractivity contribution in [2.24, 2.45) is 34.5 Å². The molecule has 0 aromatic carbocycles. The average Bonchev–Trinajstić information content (AvgIpc) is 2.74. The predicted molar refractivity (Wildman–Crippen MR) is 82.4 cm³/mol. The lowest BCUT2D eigenvalue weighted by Crippen LogP contribution is -2.53. The van der Waals surface area contributed by atoms with Gasteiger partial charge < -0.3 is 5.11 Å². The molecule has 4 aliphatic rings. The second-order valence-corrected chi connectivity index (χ2v) is 9.12. The Balaban J connectivity index is 1.66. The molecule has 0 bridgehead atoms. The van der Waals surface area contributed by atoms with Gasteiger partial charge in [0.1, 0.15) is 0 Å². The van der Waals surface area contributed by atoms with Crippen LogP contribution in [0, 0.1) is 34.5 Å². The molecule has 1 N–H and O–H groups in total. The Morgan fingerprint density at radius 1 is 0.850 bits per heavy atom. The van der Waals surface area contributed by atoms with Crippen molar-refractivity contribution in [2.75, 3.05) is 0 Å². The number of aliphatic hydroxyl groups excluding tert-OH is 1. The van der Waals surface area contributed by atoms with Gasteiger partial charge in [-0.25, -0.2) is 0 Å². The molecule has 20 heavy (non-hydrogen) atoms. The topological polar surface area (TPSA) is 20.2 Å². The SMILES string of the molecule is C[C@@]12CC[C@@H]3[C@@H](CC[C@H]4CCCC[C@@]43C)[C@H]1[C@@H](O)CC2. The van der Waals surface area contributed by atoms with Crippen LogP contribution >= 0.6 is 0 Å². The van der Waals surface area contributed by atoms with E-state index in [0.29, 0.717) is 16.7 Å². The van der Waals surface area contributed by atoms with Crippen LogP contribution in [0.1, 0.15) is 78.1 Å². The van der Waals surface area contributed by atoms with Crippen molar-refractivity contribution in [1.29, 1.82) is 0 Å². The summed E-state index contributed by atoms with van der Waals surface area (Å²) in [5, 5.41) is 10.6. The van der Waals surface area contributed by atoms with Crippen molar-refractivity contribution in [1.82, 2.24) is 0 Å². The van der Waals surface area contributed by atoms with E-state index in [1.54, 1.807) is 0 Å². The molecule has 0 aliphatic heterocycles. The van der Waals surface area contributed by atoms with Gasteiger partial charge in [-0.2, -0.15) is 0 Å². The van der Waals surface area contributed by atoms with Crippen LogP contribution < -0.4 is 0 Å². The summed E-state index contributed by atoms with van der Waals surface area (Å²) in [5.41, 5.74) is 1.09. The molecule has 4 aliphatic carbocycles. The third kappa shape index (κ3) is 1.71. The summed E-state index contributed by atoms with van der Waals surface area (Å²) in [7, 11) is 0. The van der Waals surface area contributed by atoms with Gasteiger partial charge in [-0.15, -0.1) is 0 Å². The molecule has 0 unspecified atom stereocenters. The molecule has 4 fully saturated rings. The molecule has 0 spiro atoms. The fourth-order valence-electron chi connectivity index (χ4n) is 7.32. The molecule has 0 amide bonds. The van der Waals surface area contributed by atoms with Crippen molar-refractivity contribution in [3.63, 3.8) is 0 Å². The molecule has 0 heterocycles. The number of aliphatic hydroxyl groups is 1. The van der Waals surface area contributed by atoms with Crippen LogP contribution in [0.5, 0.6) is 0 Å². The first-order valence-corrected chi connectivity index (χ1v) is 9.23. The Morgan fingerprint density at radius 2 is 1.65 bits per heavy atom. The van der Waals surface area contributed by atoms with Gasteiger partial charge in [-0.05, 0) is 85.9 Å². The second kappa shape index (κ2) is 4.48. The first-order valence-electron chi connectivity index (χ1n) is 9.23. The molecule has 0 aromatic rings. The van der Waals surface area contributed by atoms with Gasteiger partial charge in [0.15, 0.2) is 0 Å². The number of rotatable bonds is 0. The fourth-order valence-corrected chi connectivity index (χ4v) is 7.32. The van der Waals surface area contributed by atoms with Gasteiger partial charge >= 0.3 is 0 Å². The lowest BCUT2D eigenvalue weighted by Gasteiger charge is -2.60. The lowest BCUT2D eigenvalue weighted by atomic mass is 9.45. The molecule has 1 heteroatoms. The Morgan fingerprint density at radius 3 is 2.50 bits per heavy atom. The summed E-state index contributed by atoms with van der Waals surface area (Å²) in [4.78, 5) is 0. The third-order valence-electron chi connectivity index (χ3n) is 8.38. The molecule has 1 nitrogen and oxygen atoms in total. The second-order valence-electron chi connectivity index (χ2n) is 9.12. The fraction of sp³-hybridized carbons (Fsp3) is 1.00. The quantitative estimate of drug-likeness (QED) is 0.675. The number of fused-ring (bicyclic) bond motifs is 5. The van der Waals surface area contributed by atoms with Gasteiger partial charge in [-0.1, -0.05) is 26.7 Å². The van der Waals surface area contributed by atoms with Gasteiger partial charge in [0.25, 0.3) is 0 Å². The van der Waals surface area contributed by atoms with Crippen molar-refractivity contribution in [3.05, 3.63) is 0 Å². The maximum atomic E-state index is 10.6. The van der Waals surface area contributed by atoms with Crippen molar-refractivity contribution in [3.8, 4) is 0 Å². The minimum Gasteiger partial charge on any atom is -0.393 e. The summed E-state index contributed by atoms with van der Waals surface area (Å²) < 4.78 is 0. The zero-order valence-corrected chi connectivity index (χ0v) is 13.4. The molecular weight excluding hydrogens is 244 g/mol. The van der Waals surface area contributed by atoms with E-state index in [1.807, 2.05) is 0 Å². The van der Waals surface area contributed by atoms with Gasteiger partial charge in [-0.3, -0.25) is 0 Å². The zero-order valence-electron chi connectivity index (χ0n) is 13.4. The summed E-state index contributed by atoms with van der Waals surface area (Å²) in [5.74, 6) is 3.39. The smallest absolute Gasteiger partial charge is 0.0576 e. The normalized spacial score (nSPS) is 58.6. The van der Waals surface area contributed by atoms with Crippen molar-refractivity contribution >= 4 is 0 Å². The maximum Gasteiger partial charge on any atom is 0.0576 e. The van der Waals surface area contributed by atoms with Gasteiger partial charge in [0, 0.05) is 0 Å². The summed E-state index contributed by atoms with van der Waals surface area (Å²) in [6.45, 7) is 5.11. The first kappa shape index (κ1) is 13.6. The Kier molecular flexibility index (Phi) is 3.05. The molecule has 114 valence electrons. The van der Waals surface area contributed by atoms with Crippen LogP contribution in [0.4, 0.5) is 0 Å². The highest BCUT2D eigenvalue weighted by Gasteiger charge is 2.59. The summed E-state index contributed by atoms with van der Waals surface area (Å²) >= 11 is 0. The molecule has 0 aromatic heterocycles. The molecule has 4 saturated carbocycles. The van der Waals surface area contributed by atoms with Crippen LogP contribution in [0.3, 0.4) is 0 Å². The zero-order chi connectivity index (χ0) is 14.0. The molecule has 7 atom stereocenters. The van der Waals surface area contributed by atoms with E-state index in [2.05, 4.69) is 13.8 Å². The highest BCUT2D eigenvalue weighted by atomic mass is 16.3. The highest BCUT2D eigenvalue weighted by Crippen LogP contribution is 2.66. The number of hydrogen-bond donors (Lipinski definition) is 1. The van der Waals surface area contributed by atoms with E-state index < -0.39 is 0 Å². The van der Waals surface area contributed by atoms with E-state index in [-0.39, 0.29) is 6.10 Å². The Bertz CT molecular complexity index is 391. The Hall–Kier alpha value is -0.0400. The highest BCUT2D eigenvalue weighted by molar-refractivity contribution is 5.08. The summed E-state index contributed by atoms with van der Waals surface area (Å²) in [6.07, 6.45) is 14.0. The Labute approximate surface area is 124 Å². The third-order valence-corrected chi connectivity index (χ3v) is 8.38. The van der Waals surface area contributed by atoms with Crippen LogP contribution in [0.2, 0.25) is 0 Å². The predicted octanol–water partition coefficient (Wildman–Crippen LogP) is 4.78. The van der Waals surface area contributed by atoms with E-state index in [1.165, 1.54) is 57.8 Å². The van der Waals surface area contributed by atoms with Crippen LogP contribution in [0.25, 0.3) is 0 Å². The minimum atomic E-state index is 0.0107. The monoisotopic (exact) mass is 276 g/mol. The molecule has 0 saturated heterocycles. The van der Waals surface area contributed by atoms with E-state index in [4.69, 9.17) is 0 Å². The minimum absolute atomic E-state index is 0.0107. The first-order chi connectivity index (χ1) is 9.55.